The first kappa shape index (κ1) is 13.2. The van der Waals surface area contributed by atoms with Crippen LogP contribution in [-0.4, -0.2) is 12.1 Å². The first-order valence-corrected chi connectivity index (χ1v) is 6.76. The number of ether oxygens (including phenoxy) is 1. The maximum absolute atomic E-state index is 11.6. The highest BCUT2D eigenvalue weighted by atomic mass is 35.5. The predicted octanol–water partition coefficient (Wildman–Crippen LogP) is 4.23. The maximum Gasteiger partial charge on any atom is 0.331 e. The van der Waals surface area contributed by atoms with Gasteiger partial charge in [0.1, 0.15) is 6.10 Å². The number of esters is 1. The van der Waals surface area contributed by atoms with E-state index >= 15 is 0 Å². The van der Waals surface area contributed by atoms with Crippen LogP contribution in [0.4, 0.5) is 0 Å². The summed E-state index contributed by atoms with van der Waals surface area (Å²) in [7, 11) is 0. The molecule has 2 rings (SSSR count). The molecule has 1 aliphatic rings. The third-order valence-electron chi connectivity index (χ3n) is 3.12. The fraction of sp³-hybridized carbons (Fsp3) is 0.400. The molecular formula is C15H17ClO2. The summed E-state index contributed by atoms with van der Waals surface area (Å²) in [6.45, 7) is 0. The van der Waals surface area contributed by atoms with E-state index in [-0.39, 0.29) is 12.1 Å². The minimum absolute atomic E-state index is 0.112. The number of carbonyl (C=O) groups excluding carboxylic acids is 1. The van der Waals surface area contributed by atoms with E-state index in [1.807, 2.05) is 12.1 Å². The van der Waals surface area contributed by atoms with Crippen molar-refractivity contribution in [3.05, 3.63) is 40.9 Å². The second-order valence-electron chi connectivity index (χ2n) is 4.58. The number of hydrogen-bond donors (Lipinski definition) is 0. The van der Waals surface area contributed by atoms with Crippen molar-refractivity contribution in [2.24, 2.45) is 0 Å². The Kier molecular flexibility index (Phi) is 4.82. The van der Waals surface area contributed by atoms with E-state index in [9.17, 15) is 4.79 Å². The Bertz CT molecular complexity index is 417. The molecule has 0 radical (unpaired) electrons. The van der Waals surface area contributed by atoms with Gasteiger partial charge in [0.05, 0.1) is 0 Å². The van der Waals surface area contributed by atoms with Crippen LogP contribution in [0.2, 0.25) is 5.02 Å². The van der Waals surface area contributed by atoms with Crippen LogP contribution in [0.5, 0.6) is 0 Å². The second kappa shape index (κ2) is 6.60. The molecule has 1 fully saturated rings. The van der Waals surface area contributed by atoms with Crippen LogP contribution in [0.1, 0.15) is 37.7 Å². The molecule has 1 saturated carbocycles. The highest BCUT2D eigenvalue weighted by molar-refractivity contribution is 6.30. The van der Waals surface area contributed by atoms with Crippen LogP contribution in [0, 0.1) is 0 Å². The first-order valence-electron chi connectivity index (χ1n) is 6.38. The first-order chi connectivity index (χ1) is 8.74. The van der Waals surface area contributed by atoms with Gasteiger partial charge in [-0.3, -0.25) is 0 Å². The lowest BCUT2D eigenvalue weighted by atomic mass is 9.98. The number of benzene rings is 1. The molecule has 0 amide bonds. The lowest BCUT2D eigenvalue weighted by molar-refractivity contribution is -0.144. The van der Waals surface area contributed by atoms with Gasteiger partial charge in [-0.2, -0.15) is 0 Å². The van der Waals surface area contributed by atoms with Crippen molar-refractivity contribution < 1.29 is 9.53 Å². The van der Waals surface area contributed by atoms with Gasteiger partial charge in [-0.25, -0.2) is 4.79 Å². The zero-order valence-electron chi connectivity index (χ0n) is 10.3. The predicted molar refractivity (Wildman–Crippen MR) is 73.5 cm³/mol. The Balaban J connectivity index is 1.84. The van der Waals surface area contributed by atoms with Crippen molar-refractivity contribution in [3.63, 3.8) is 0 Å². The fourth-order valence-corrected chi connectivity index (χ4v) is 2.25. The molecule has 0 bridgehead atoms. The summed E-state index contributed by atoms with van der Waals surface area (Å²) in [6.07, 6.45) is 8.94. The van der Waals surface area contributed by atoms with Crippen molar-refractivity contribution >= 4 is 23.6 Å². The van der Waals surface area contributed by atoms with Gasteiger partial charge in [-0.05, 0) is 49.5 Å². The average molecular weight is 265 g/mol. The van der Waals surface area contributed by atoms with Gasteiger partial charge in [0.25, 0.3) is 0 Å². The molecule has 0 aromatic heterocycles. The molecule has 0 unspecified atom stereocenters. The summed E-state index contributed by atoms with van der Waals surface area (Å²) < 4.78 is 5.38. The molecule has 2 nitrogen and oxygen atoms in total. The molecule has 0 N–H and O–H groups in total. The minimum atomic E-state index is -0.253. The van der Waals surface area contributed by atoms with Gasteiger partial charge in [-0.15, -0.1) is 0 Å². The lowest BCUT2D eigenvalue weighted by Crippen LogP contribution is -2.19. The van der Waals surface area contributed by atoms with E-state index in [1.165, 1.54) is 25.3 Å². The highest BCUT2D eigenvalue weighted by Crippen LogP contribution is 2.20. The largest absolute Gasteiger partial charge is 0.459 e. The topological polar surface area (TPSA) is 26.3 Å². The quantitative estimate of drug-likeness (QED) is 0.603. The van der Waals surface area contributed by atoms with Crippen LogP contribution in [0.25, 0.3) is 6.08 Å². The number of hydrogen-bond acceptors (Lipinski definition) is 2. The summed E-state index contributed by atoms with van der Waals surface area (Å²) in [4.78, 5) is 11.6. The Hall–Kier alpha value is -1.28. The smallest absolute Gasteiger partial charge is 0.331 e. The summed E-state index contributed by atoms with van der Waals surface area (Å²) in [6, 6.07) is 7.33. The van der Waals surface area contributed by atoms with Gasteiger partial charge < -0.3 is 4.74 Å². The van der Waals surface area contributed by atoms with Crippen molar-refractivity contribution in [2.75, 3.05) is 0 Å². The van der Waals surface area contributed by atoms with E-state index in [0.717, 1.165) is 18.4 Å². The number of halogens is 1. The van der Waals surface area contributed by atoms with Crippen molar-refractivity contribution in [1.82, 2.24) is 0 Å². The highest BCUT2D eigenvalue weighted by Gasteiger charge is 2.16. The lowest BCUT2D eigenvalue weighted by Gasteiger charge is -2.20. The molecular weight excluding hydrogens is 248 g/mol. The molecule has 1 aromatic rings. The summed E-state index contributed by atoms with van der Waals surface area (Å²) in [5.74, 6) is -0.253. The summed E-state index contributed by atoms with van der Waals surface area (Å²) in [5.41, 5.74) is 0.944. The van der Waals surface area contributed by atoms with Crippen LogP contribution in [0.3, 0.4) is 0 Å². The molecule has 1 aliphatic carbocycles. The number of carbonyl (C=O) groups is 1. The van der Waals surface area contributed by atoms with Gasteiger partial charge in [0.2, 0.25) is 0 Å². The second-order valence-corrected chi connectivity index (χ2v) is 5.02. The van der Waals surface area contributed by atoms with E-state index in [1.54, 1.807) is 18.2 Å². The fourth-order valence-electron chi connectivity index (χ4n) is 2.12. The van der Waals surface area contributed by atoms with Crippen LogP contribution < -0.4 is 0 Å². The molecule has 0 spiro atoms. The molecule has 0 heterocycles. The third kappa shape index (κ3) is 4.19. The van der Waals surface area contributed by atoms with Gasteiger partial charge in [0.15, 0.2) is 0 Å². The molecule has 3 heteroatoms. The molecule has 0 atom stereocenters. The van der Waals surface area contributed by atoms with E-state index in [0.29, 0.717) is 5.02 Å². The molecule has 0 saturated heterocycles. The van der Waals surface area contributed by atoms with Crippen LogP contribution in [-0.2, 0) is 9.53 Å². The SMILES string of the molecule is O=C(C=Cc1ccc(Cl)cc1)OC1CCCCC1. The van der Waals surface area contributed by atoms with Gasteiger partial charge in [-0.1, -0.05) is 30.2 Å². The summed E-state index contributed by atoms with van der Waals surface area (Å²) in [5, 5.41) is 0.692. The van der Waals surface area contributed by atoms with Crippen molar-refractivity contribution in [2.45, 2.75) is 38.2 Å². The zero-order valence-corrected chi connectivity index (χ0v) is 11.0. The van der Waals surface area contributed by atoms with E-state index in [2.05, 4.69) is 0 Å². The standard InChI is InChI=1S/C15H17ClO2/c16-13-9-6-12(7-10-13)8-11-15(17)18-14-4-2-1-3-5-14/h6-11,14H,1-5H2. The normalized spacial score (nSPS) is 16.9. The summed E-state index contributed by atoms with van der Waals surface area (Å²) >= 11 is 5.79. The van der Waals surface area contributed by atoms with Gasteiger partial charge in [0, 0.05) is 11.1 Å². The zero-order chi connectivity index (χ0) is 12.8. The Morgan fingerprint density at radius 1 is 1.17 bits per heavy atom. The third-order valence-corrected chi connectivity index (χ3v) is 3.37. The van der Waals surface area contributed by atoms with Gasteiger partial charge >= 0.3 is 5.97 Å². The van der Waals surface area contributed by atoms with Crippen LogP contribution >= 0.6 is 11.6 Å². The van der Waals surface area contributed by atoms with E-state index < -0.39 is 0 Å². The number of rotatable bonds is 3. The Morgan fingerprint density at radius 3 is 2.50 bits per heavy atom. The Labute approximate surface area is 113 Å². The Morgan fingerprint density at radius 2 is 1.83 bits per heavy atom. The molecule has 0 aliphatic heterocycles. The van der Waals surface area contributed by atoms with Crippen molar-refractivity contribution in [1.29, 1.82) is 0 Å². The van der Waals surface area contributed by atoms with Crippen molar-refractivity contribution in [3.8, 4) is 0 Å². The maximum atomic E-state index is 11.6. The van der Waals surface area contributed by atoms with Crippen LogP contribution in [0.15, 0.2) is 30.3 Å². The molecule has 1 aromatic carbocycles. The molecule has 96 valence electrons. The monoisotopic (exact) mass is 264 g/mol. The molecule has 18 heavy (non-hydrogen) atoms. The minimum Gasteiger partial charge on any atom is -0.459 e. The average Bonchev–Trinajstić information content (AvgIpc) is 2.39. The van der Waals surface area contributed by atoms with E-state index in [4.69, 9.17) is 16.3 Å².